The van der Waals surface area contributed by atoms with Gasteiger partial charge in [-0.25, -0.2) is 8.78 Å². The van der Waals surface area contributed by atoms with E-state index in [2.05, 4.69) is 10.2 Å². The van der Waals surface area contributed by atoms with Gasteiger partial charge in [0.15, 0.2) is 0 Å². The molecule has 3 atom stereocenters. The molecule has 3 unspecified atom stereocenters. The predicted molar refractivity (Wildman–Crippen MR) is 71.1 cm³/mol. The zero-order chi connectivity index (χ0) is 13.2. The largest absolute Gasteiger partial charge is 0.307 e. The molecule has 1 aromatic carbocycles. The highest BCUT2D eigenvalue weighted by atomic mass is 19.1. The average Bonchev–Trinajstić information content (AvgIpc) is 2.85. The summed E-state index contributed by atoms with van der Waals surface area (Å²) in [6, 6.07) is 6.88. The molecule has 2 aliphatic heterocycles. The second-order valence-electron chi connectivity index (χ2n) is 5.66. The third-order valence-electron chi connectivity index (χ3n) is 4.35. The minimum Gasteiger partial charge on any atom is -0.307 e. The fourth-order valence-corrected chi connectivity index (χ4v) is 3.26. The van der Waals surface area contributed by atoms with Gasteiger partial charge in [-0.3, -0.25) is 4.90 Å². The van der Waals surface area contributed by atoms with Crippen LogP contribution < -0.4 is 5.32 Å². The summed E-state index contributed by atoms with van der Waals surface area (Å²) in [6.45, 7) is 2.22. The van der Waals surface area contributed by atoms with Crippen LogP contribution in [-0.4, -0.2) is 36.2 Å². The molecule has 2 saturated heterocycles. The Bertz CT molecular complexity index is 421. The van der Waals surface area contributed by atoms with Crippen LogP contribution >= 0.6 is 0 Å². The Kier molecular flexibility index (Phi) is 3.80. The average molecular weight is 266 g/mol. The summed E-state index contributed by atoms with van der Waals surface area (Å²) in [4.78, 5) is 2.28. The number of hydrogen-bond donors (Lipinski definition) is 1. The van der Waals surface area contributed by atoms with Gasteiger partial charge in [0.2, 0.25) is 0 Å². The quantitative estimate of drug-likeness (QED) is 0.904. The summed E-state index contributed by atoms with van der Waals surface area (Å²) in [5.41, 5.74) is 1.00. The van der Waals surface area contributed by atoms with Crippen LogP contribution in [0.1, 0.15) is 24.8 Å². The Labute approximate surface area is 112 Å². The molecule has 2 aliphatic rings. The van der Waals surface area contributed by atoms with Gasteiger partial charge in [-0.05, 0) is 43.5 Å². The highest BCUT2D eigenvalue weighted by Crippen LogP contribution is 2.28. The molecule has 0 spiro atoms. The van der Waals surface area contributed by atoms with E-state index in [4.69, 9.17) is 0 Å². The van der Waals surface area contributed by atoms with E-state index in [0.29, 0.717) is 19.1 Å². The number of halogens is 2. The van der Waals surface area contributed by atoms with E-state index >= 15 is 0 Å². The van der Waals surface area contributed by atoms with Crippen molar-refractivity contribution < 1.29 is 8.78 Å². The van der Waals surface area contributed by atoms with Crippen molar-refractivity contribution in [1.82, 2.24) is 10.2 Å². The molecule has 2 fully saturated rings. The summed E-state index contributed by atoms with van der Waals surface area (Å²) in [5, 5.41) is 3.30. The van der Waals surface area contributed by atoms with Crippen molar-refractivity contribution in [2.75, 3.05) is 13.1 Å². The van der Waals surface area contributed by atoms with Gasteiger partial charge in [-0.15, -0.1) is 0 Å². The lowest BCUT2D eigenvalue weighted by atomic mass is 9.96. The Morgan fingerprint density at radius 2 is 2.05 bits per heavy atom. The van der Waals surface area contributed by atoms with Gasteiger partial charge in [0, 0.05) is 25.2 Å². The number of alkyl halides is 1. The number of nitrogens with zero attached hydrogens (tertiary/aromatic N) is 1. The van der Waals surface area contributed by atoms with Crippen LogP contribution in [0.25, 0.3) is 0 Å². The molecule has 4 heteroatoms. The number of hydrogen-bond acceptors (Lipinski definition) is 2. The molecule has 2 nitrogen and oxygen atoms in total. The van der Waals surface area contributed by atoms with E-state index in [-0.39, 0.29) is 11.9 Å². The molecule has 3 rings (SSSR count). The number of piperidine rings is 1. The summed E-state index contributed by atoms with van der Waals surface area (Å²) in [6.07, 6.45) is 2.49. The van der Waals surface area contributed by atoms with Crippen molar-refractivity contribution in [3.05, 3.63) is 35.6 Å². The van der Waals surface area contributed by atoms with Crippen LogP contribution in [0.5, 0.6) is 0 Å². The van der Waals surface area contributed by atoms with Gasteiger partial charge in [0.25, 0.3) is 0 Å². The van der Waals surface area contributed by atoms with Gasteiger partial charge in [0.05, 0.1) is 0 Å². The molecule has 19 heavy (non-hydrogen) atoms. The van der Waals surface area contributed by atoms with Crippen molar-refractivity contribution in [3.8, 4) is 0 Å². The lowest BCUT2D eigenvalue weighted by Gasteiger charge is -2.37. The van der Waals surface area contributed by atoms with Gasteiger partial charge in [0.1, 0.15) is 12.0 Å². The third-order valence-corrected chi connectivity index (χ3v) is 4.35. The van der Waals surface area contributed by atoms with E-state index in [1.807, 2.05) is 0 Å². The Morgan fingerprint density at radius 3 is 2.84 bits per heavy atom. The minimum absolute atomic E-state index is 0.0654. The Balaban J connectivity index is 1.55. The Morgan fingerprint density at radius 1 is 1.26 bits per heavy atom. The third kappa shape index (κ3) is 2.95. The smallest absolute Gasteiger partial charge is 0.128 e. The van der Waals surface area contributed by atoms with E-state index in [0.717, 1.165) is 18.5 Å². The highest BCUT2D eigenvalue weighted by Gasteiger charge is 2.37. The molecule has 104 valence electrons. The van der Waals surface area contributed by atoms with Crippen LogP contribution in [0.15, 0.2) is 24.3 Å². The van der Waals surface area contributed by atoms with Crippen molar-refractivity contribution in [2.24, 2.45) is 0 Å². The van der Waals surface area contributed by atoms with Gasteiger partial charge in [-0.1, -0.05) is 12.1 Å². The second kappa shape index (κ2) is 5.55. The molecule has 0 bridgehead atoms. The van der Waals surface area contributed by atoms with Crippen LogP contribution in [0.2, 0.25) is 0 Å². The highest BCUT2D eigenvalue weighted by molar-refractivity contribution is 5.16. The summed E-state index contributed by atoms with van der Waals surface area (Å²) in [5.74, 6) is -0.230. The zero-order valence-corrected chi connectivity index (χ0v) is 11.0. The topological polar surface area (TPSA) is 15.3 Å². The summed E-state index contributed by atoms with van der Waals surface area (Å²) >= 11 is 0. The molecule has 0 saturated carbocycles. The van der Waals surface area contributed by atoms with Gasteiger partial charge < -0.3 is 5.32 Å². The van der Waals surface area contributed by atoms with Crippen LogP contribution in [0, 0.1) is 5.82 Å². The molecule has 0 aromatic heterocycles. The molecule has 1 N–H and O–H groups in total. The SMILES string of the molecule is Fc1ccc(CNC2CC3CCCN3CC2F)cc1. The first-order valence-electron chi connectivity index (χ1n) is 7.08. The Hall–Kier alpha value is -1.00. The first-order chi connectivity index (χ1) is 9.22. The fourth-order valence-electron chi connectivity index (χ4n) is 3.26. The maximum atomic E-state index is 14.1. The molecule has 2 heterocycles. The van der Waals surface area contributed by atoms with Crippen molar-refractivity contribution in [2.45, 2.75) is 44.1 Å². The predicted octanol–water partition coefficient (Wildman–Crippen LogP) is 2.49. The van der Waals surface area contributed by atoms with Crippen LogP contribution in [0.3, 0.4) is 0 Å². The van der Waals surface area contributed by atoms with Crippen molar-refractivity contribution >= 4 is 0 Å². The lowest BCUT2D eigenvalue weighted by Crippen LogP contribution is -2.53. The van der Waals surface area contributed by atoms with Crippen molar-refractivity contribution in [1.29, 1.82) is 0 Å². The fraction of sp³-hybridized carbons (Fsp3) is 0.600. The molecular weight excluding hydrogens is 246 g/mol. The van der Waals surface area contributed by atoms with E-state index in [9.17, 15) is 8.78 Å². The number of nitrogens with one attached hydrogen (secondary N) is 1. The monoisotopic (exact) mass is 266 g/mol. The molecule has 0 radical (unpaired) electrons. The van der Waals surface area contributed by atoms with Crippen LogP contribution in [-0.2, 0) is 6.54 Å². The lowest BCUT2D eigenvalue weighted by molar-refractivity contribution is 0.0820. The maximum Gasteiger partial charge on any atom is 0.128 e. The van der Waals surface area contributed by atoms with E-state index in [1.54, 1.807) is 12.1 Å². The first kappa shape index (κ1) is 13.0. The zero-order valence-electron chi connectivity index (χ0n) is 11.0. The van der Waals surface area contributed by atoms with Gasteiger partial charge in [-0.2, -0.15) is 0 Å². The minimum atomic E-state index is -0.796. The number of rotatable bonds is 3. The summed E-state index contributed by atoms with van der Waals surface area (Å²) in [7, 11) is 0. The first-order valence-corrected chi connectivity index (χ1v) is 7.08. The maximum absolute atomic E-state index is 14.1. The van der Waals surface area contributed by atoms with Gasteiger partial charge >= 0.3 is 0 Å². The van der Waals surface area contributed by atoms with E-state index in [1.165, 1.54) is 25.0 Å². The molecule has 0 aliphatic carbocycles. The van der Waals surface area contributed by atoms with Crippen molar-refractivity contribution in [3.63, 3.8) is 0 Å². The van der Waals surface area contributed by atoms with Crippen LogP contribution in [0.4, 0.5) is 8.78 Å². The second-order valence-corrected chi connectivity index (χ2v) is 5.66. The summed E-state index contributed by atoms with van der Waals surface area (Å²) < 4.78 is 26.9. The standard InChI is InChI=1S/C15H20F2N2/c16-12-5-3-11(4-6-12)9-18-15-8-13-2-1-7-19(13)10-14(15)17/h3-6,13-15,18H,1-2,7-10H2. The number of fused-ring (bicyclic) bond motifs is 1. The normalized spacial score (nSPS) is 31.4. The molecule has 1 aromatic rings. The molecule has 0 amide bonds. The van der Waals surface area contributed by atoms with E-state index < -0.39 is 6.17 Å². The number of benzene rings is 1. The molecular formula is C15H20F2N2.